The van der Waals surface area contributed by atoms with E-state index in [1.54, 1.807) is 30.3 Å². The molecule has 0 aromatic heterocycles. The Morgan fingerprint density at radius 3 is 2.40 bits per heavy atom. The predicted octanol–water partition coefficient (Wildman–Crippen LogP) is 1.99. The molecule has 0 spiro atoms. The summed E-state index contributed by atoms with van der Waals surface area (Å²) >= 11 is 0. The monoisotopic (exact) mass is 342 g/mol. The van der Waals surface area contributed by atoms with Crippen LogP contribution in [0.4, 0.5) is 0 Å². The van der Waals surface area contributed by atoms with Gasteiger partial charge in [0.2, 0.25) is 0 Å². The SMILES string of the molecule is Cc1ccccc1OCC(=O)NN=Cc1ccccc1OCC(=O)O. The normalized spacial score (nSPS) is 10.4. The van der Waals surface area contributed by atoms with E-state index < -0.39 is 18.5 Å². The predicted molar refractivity (Wildman–Crippen MR) is 92.0 cm³/mol. The van der Waals surface area contributed by atoms with Crippen molar-refractivity contribution in [2.24, 2.45) is 5.10 Å². The lowest BCUT2D eigenvalue weighted by Gasteiger charge is -2.08. The number of hydrogen-bond acceptors (Lipinski definition) is 5. The van der Waals surface area contributed by atoms with Crippen LogP contribution in [0, 0.1) is 6.92 Å². The smallest absolute Gasteiger partial charge is 0.341 e. The maximum atomic E-state index is 11.8. The minimum Gasteiger partial charge on any atom is -0.483 e. The number of carbonyl (C=O) groups excluding carboxylic acids is 1. The van der Waals surface area contributed by atoms with Gasteiger partial charge < -0.3 is 14.6 Å². The molecular weight excluding hydrogens is 324 g/mol. The van der Waals surface area contributed by atoms with E-state index in [9.17, 15) is 9.59 Å². The van der Waals surface area contributed by atoms with Crippen LogP contribution in [0.5, 0.6) is 11.5 Å². The first kappa shape index (κ1) is 18.0. The molecule has 2 N–H and O–H groups in total. The summed E-state index contributed by atoms with van der Waals surface area (Å²) in [5.74, 6) is -0.495. The molecule has 130 valence electrons. The van der Waals surface area contributed by atoms with E-state index in [4.69, 9.17) is 14.6 Å². The van der Waals surface area contributed by atoms with E-state index in [0.717, 1.165) is 5.56 Å². The van der Waals surface area contributed by atoms with Gasteiger partial charge in [-0.05, 0) is 30.7 Å². The van der Waals surface area contributed by atoms with Crippen molar-refractivity contribution >= 4 is 18.1 Å². The number of benzene rings is 2. The fourth-order valence-corrected chi connectivity index (χ4v) is 1.93. The number of hydrazone groups is 1. The summed E-state index contributed by atoms with van der Waals surface area (Å²) in [4.78, 5) is 22.3. The number of aliphatic carboxylic acids is 1. The fourth-order valence-electron chi connectivity index (χ4n) is 1.93. The third-order valence-corrected chi connectivity index (χ3v) is 3.12. The second kappa shape index (κ2) is 9.07. The fraction of sp³-hybridized carbons (Fsp3) is 0.167. The second-order valence-electron chi connectivity index (χ2n) is 5.07. The number of hydrogen-bond donors (Lipinski definition) is 2. The molecule has 0 radical (unpaired) electrons. The lowest BCUT2D eigenvalue weighted by atomic mass is 10.2. The average Bonchev–Trinajstić information content (AvgIpc) is 2.60. The van der Waals surface area contributed by atoms with Crippen molar-refractivity contribution in [3.05, 3.63) is 59.7 Å². The number of nitrogens with zero attached hydrogens (tertiary/aromatic N) is 1. The summed E-state index contributed by atoms with van der Waals surface area (Å²) in [6, 6.07) is 14.1. The van der Waals surface area contributed by atoms with Gasteiger partial charge in [-0.1, -0.05) is 30.3 Å². The third kappa shape index (κ3) is 5.98. The minimum atomic E-state index is -1.08. The van der Waals surface area contributed by atoms with Crippen LogP contribution in [0.3, 0.4) is 0 Å². The number of carboxylic acid groups (broad SMARTS) is 1. The number of nitrogens with one attached hydrogen (secondary N) is 1. The highest BCUT2D eigenvalue weighted by Crippen LogP contribution is 2.16. The van der Waals surface area contributed by atoms with Crippen molar-refractivity contribution in [2.75, 3.05) is 13.2 Å². The molecule has 0 aliphatic rings. The molecule has 0 fully saturated rings. The number of para-hydroxylation sites is 2. The zero-order valence-electron chi connectivity index (χ0n) is 13.6. The van der Waals surface area contributed by atoms with Crippen molar-refractivity contribution in [1.29, 1.82) is 0 Å². The summed E-state index contributed by atoms with van der Waals surface area (Å²) in [5.41, 5.74) is 3.83. The number of aryl methyl sites for hydroxylation is 1. The van der Waals surface area contributed by atoms with Crippen molar-refractivity contribution in [2.45, 2.75) is 6.92 Å². The molecule has 1 amide bonds. The average molecular weight is 342 g/mol. The van der Waals surface area contributed by atoms with Gasteiger partial charge in [0.15, 0.2) is 13.2 Å². The Labute approximate surface area is 144 Å². The standard InChI is InChI=1S/C18H18N2O5/c1-13-6-2-4-8-15(13)24-11-17(21)20-19-10-14-7-3-5-9-16(14)25-12-18(22)23/h2-10H,11-12H2,1H3,(H,20,21)(H,22,23). The van der Waals surface area contributed by atoms with E-state index >= 15 is 0 Å². The number of ether oxygens (including phenoxy) is 2. The summed E-state index contributed by atoms with van der Waals surface area (Å²) < 4.78 is 10.6. The molecule has 2 aromatic carbocycles. The van der Waals surface area contributed by atoms with E-state index in [-0.39, 0.29) is 6.61 Å². The molecule has 7 nitrogen and oxygen atoms in total. The van der Waals surface area contributed by atoms with Crippen LogP contribution in [0.2, 0.25) is 0 Å². The first-order valence-corrected chi connectivity index (χ1v) is 7.50. The molecule has 2 rings (SSSR count). The van der Waals surface area contributed by atoms with Gasteiger partial charge in [0.05, 0.1) is 6.21 Å². The number of amides is 1. The van der Waals surface area contributed by atoms with Gasteiger partial charge in [-0.3, -0.25) is 4.79 Å². The van der Waals surface area contributed by atoms with Crippen molar-refractivity contribution in [3.8, 4) is 11.5 Å². The van der Waals surface area contributed by atoms with Crippen LogP contribution in [0.15, 0.2) is 53.6 Å². The molecule has 0 heterocycles. The Bertz CT molecular complexity index is 774. The van der Waals surface area contributed by atoms with E-state index in [1.165, 1.54) is 6.21 Å². The largest absolute Gasteiger partial charge is 0.483 e. The van der Waals surface area contributed by atoms with Gasteiger partial charge in [-0.2, -0.15) is 5.10 Å². The quantitative estimate of drug-likeness (QED) is 0.565. The lowest BCUT2D eigenvalue weighted by molar-refractivity contribution is -0.139. The van der Waals surface area contributed by atoms with Crippen LogP contribution in [0.25, 0.3) is 0 Å². The Kier molecular flexibility index (Phi) is 6.53. The molecule has 0 aliphatic heterocycles. The van der Waals surface area contributed by atoms with Crippen molar-refractivity contribution < 1.29 is 24.2 Å². The first-order chi connectivity index (χ1) is 12.1. The van der Waals surface area contributed by atoms with Crippen LogP contribution in [0.1, 0.15) is 11.1 Å². The van der Waals surface area contributed by atoms with Crippen LogP contribution < -0.4 is 14.9 Å². The molecule has 0 saturated carbocycles. The number of carboxylic acids is 1. The maximum absolute atomic E-state index is 11.8. The van der Waals surface area contributed by atoms with Crippen LogP contribution >= 0.6 is 0 Å². The highest BCUT2D eigenvalue weighted by molar-refractivity contribution is 5.85. The molecule has 0 saturated heterocycles. The van der Waals surface area contributed by atoms with E-state index in [0.29, 0.717) is 17.1 Å². The molecule has 0 bridgehead atoms. The summed E-state index contributed by atoms with van der Waals surface area (Å²) in [5, 5.41) is 12.5. The number of rotatable bonds is 8. The maximum Gasteiger partial charge on any atom is 0.341 e. The number of carbonyl (C=O) groups is 2. The molecule has 0 atom stereocenters. The highest BCUT2D eigenvalue weighted by Gasteiger charge is 2.05. The van der Waals surface area contributed by atoms with Crippen LogP contribution in [-0.4, -0.2) is 36.4 Å². The summed E-state index contributed by atoms with van der Waals surface area (Å²) in [6.07, 6.45) is 1.38. The van der Waals surface area contributed by atoms with Crippen LogP contribution in [-0.2, 0) is 9.59 Å². The Morgan fingerprint density at radius 2 is 1.68 bits per heavy atom. The van der Waals surface area contributed by atoms with Gasteiger partial charge in [0.25, 0.3) is 5.91 Å². The Morgan fingerprint density at radius 1 is 1.04 bits per heavy atom. The van der Waals surface area contributed by atoms with E-state index in [2.05, 4.69) is 10.5 Å². The van der Waals surface area contributed by atoms with Gasteiger partial charge in [-0.25, -0.2) is 10.2 Å². The minimum absolute atomic E-state index is 0.167. The molecule has 7 heteroatoms. The van der Waals surface area contributed by atoms with Gasteiger partial charge in [0.1, 0.15) is 11.5 Å². The van der Waals surface area contributed by atoms with Gasteiger partial charge >= 0.3 is 5.97 Å². The van der Waals surface area contributed by atoms with Crippen molar-refractivity contribution in [3.63, 3.8) is 0 Å². The Balaban J connectivity index is 1.87. The topological polar surface area (TPSA) is 97.2 Å². The van der Waals surface area contributed by atoms with Gasteiger partial charge in [-0.15, -0.1) is 0 Å². The lowest BCUT2D eigenvalue weighted by Crippen LogP contribution is -2.24. The second-order valence-corrected chi connectivity index (χ2v) is 5.07. The zero-order chi connectivity index (χ0) is 18.1. The molecule has 0 aliphatic carbocycles. The summed E-state index contributed by atoms with van der Waals surface area (Å²) in [7, 11) is 0. The molecule has 0 unspecified atom stereocenters. The van der Waals surface area contributed by atoms with E-state index in [1.807, 2.05) is 25.1 Å². The molecule has 2 aromatic rings. The summed E-state index contributed by atoms with van der Waals surface area (Å²) in [6.45, 7) is 1.26. The van der Waals surface area contributed by atoms with Gasteiger partial charge in [0, 0.05) is 5.56 Å². The zero-order valence-corrected chi connectivity index (χ0v) is 13.6. The first-order valence-electron chi connectivity index (χ1n) is 7.50. The highest BCUT2D eigenvalue weighted by atomic mass is 16.5. The molecule has 25 heavy (non-hydrogen) atoms. The Hall–Kier alpha value is -3.35. The van der Waals surface area contributed by atoms with Crippen molar-refractivity contribution in [1.82, 2.24) is 5.43 Å². The third-order valence-electron chi connectivity index (χ3n) is 3.12. The molecular formula is C18H18N2O5.